The van der Waals surface area contributed by atoms with Crippen LogP contribution in [0.5, 0.6) is 0 Å². The molecule has 33 heavy (non-hydrogen) atoms. The van der Waals surface area contributed by atoms with Crippen molar-refractivity contribution in [1.82, 2.24) is 19.9 Å². The van der Waals surface area contributed by atoms with Crippen molar-refractivity contribution in [3.05, 3.63) is 53.3 Å². The predicted octanol–water partition coefficient (Wildman–Crippen LogP) is 4.52. The number of anilines is 2. The molecule has 5 rings (SSSR count). The van der Waals surface area contributed by atoms with Gasteiger partial charge in [-0.25, -0.2) is 15.0 Å². The summed E-state index contributed by atoms with van der Waals surface area (Å²) < 4.78 is 0. The number of thiazole rings is 1. The zero-order valence-corrected chi connectivity index (χ0v) is 19.6. The summed E-state index contributed by atoms with van der Waals surface area (Å²) in [5.74, 6) is 2.24. The number of carbonyl (C=O) groups excluding carboxylic acids is 1. The molecule has 8 heteroatoms. The number of aromatic nitrogens is 3. The van der Waals surface area contributed by atoms with E-state index in [-0.39, 0.29) is 17.9 Å². The topological polar surface area (TPSA) is 91.2 Å². The van der Waals surface area contributed by atoms with E-state index < -0.39 is 0 Å². The summed E-state index contributed by atoms with van der Waals surface area (Å²) in [4.78, 5) is 29.5. The molecule has 1 atom stereocenters. The molecule has 0 spiro atoms. The van der Waals surface area contributed by atoms with Crippen molar-refractivity contribution in [3.8, 4) is 10.6 Å². The van der Waals surface area contributed by atoms with Crippen molar-refractivity contribution in [2.75, 3.05) is 18.4 Å². The van der Waals surface area contributed by atoms with E-state index in [4.69, 9.17) is 9.97 Å². The minimum atomic E-state index is -0.352. The van der Waals surface area contributed by atoms with Crippen LogP contribution in [0.1, 0.15) is 48.6 Å². The number of nitrogens with zero attached hydrogens (tertiary/aromatic N) is 4. The molecule has 4 heterocycles. The smallest absolute Gasteiger partial charge is 0.225 e. The summed E-state index contributed by atoms with van der Waals surface area (Å²) >= 11 is 1.70. The average molecular weight is 464 g/mol. The Balaban J connectivity index is 1.21. The van der Waals surface area contributed by atoms with Gasteiger partial charge >= 0.3 is 0 Å². The standard InChI is InChI=1S/C25H29N5O2S/c1-16-9-11-26-23(13-16)29-22-4-2-3-20(28-22)21-14-27-24(33-21)17-5-7-18(8-6-17)25(32)30-12-10-19(31)15-30/h2-4,9,11,13-14,17-19,31H,5-8,10,12,15H2,1H3,(H,26,28,29)/t17-,18-,19-/m1/s1. The summed E-state index contributed by atoms with van der Waals surface area (Å²) in [6, 6.07) is 9.89. The van der Waals surface area contributed by atoms with E-state index in [0.717, 1.165) is 58.5 Å². The van der Waals surface area contributed by atoms with Crippen molar-refractivity contribution in [3.63, 3.8) is 0 Å². The first-order valence-electron chi connectivity index (χ1n) is 11.6. The van der Waals surface area contributed by atoms with Gasteiger partial charge in [-0.2, -0.15) is 0 Å². The molecule has 7 nitrogen and oxygen atoms in total. The van der Waals surface area contributed by atoms with Gasteiger partial charge in [0.25, 0.3) is 0 Å². The molecule has 1 aliphatic carbocycles. The highest BCUT2D eigenvalue weighted by molar-refractivity contribution is 7.15. The number of nitrogens with one attached hydrogen (secondary N) is 1. The SMILES string of the molecule is Cc1ccnc(Nc2cccc(-c3cnc([C@H]4CC[C@H](C(=O)N5CC[C@@H](O)C5)CC4)s3)n2)c1. The first kappa shape index (κ1) is 22.0. The Bertz CT molecular complexity index is 1130. The van der Waals surface area contributed by atoms with Gasteiger partial charge in [0, 0.05) is 37.3 Å². The van der Waals surface area contributed by atoms with Crippen LogP contribution in [0.15, 0.2) is 42.7 Å². The fourth-order valence-corrected chi connectivity index (χ4v) is 5.82. The van der Waals surface area contributed by atoms with Gasteiger partial charge in [-0.1, -0.05) is 6.07 Å². The van der Waals surface area contributed by atoms with Crippen LogP contribution in [0.2, 0.25) is 0 Å². The molecular formula is C25H29N5O2S. The zero-order chi connectivity index (χ0) is 22.8. The van der Waals surface area contributed by atoms with Crippen molar-refractivity contribution in [2.24, 2.45) is 5.92 Å². The molecule has 172 valence electrons. The molecule has 0 bridgehead atoms. The fraction of sp³-hybridized carbons (Fsp3) is 0.440. The number of aliphatic hydroxyl groups is 1. The molecule has 2 fully saturated rings. The maximum Gasteiger partial charge on any atom is 0.225 e. The first-order valence-corrected chi connectivity index (χ1v) is 12.5. The zero-order valence-electron chi connectivity index (χ0n) is 18.8. The predicted molar refractivity (Wildman–Crippen MR) is 130 cm³/mol. The van der Waals surface area contributed by atoms with Crippen LogP contribution in [0.25, 0.3) is 10.6 Å². The summed E-state index contributed by atoms with van der Waals surface area (Å²) in [6.45, 7) is 3.22. The van der Waals surface area contributed by atoms with E-state index in [9.17, 15) is 9.90 Å². The third kappa shape index (κ3) is 5.07. The van der Waals surface area contributed by atoms with Gasteiger partial charge in [-0.15, -0.1) is 11.3 Å². The lowest BCUT2D eigenvalue weighted by molar-refractivity contribution is -0.135. The number of carbonyl (C=O) groups is 1. The molecule has 0 unspecified atom stereocenters. The van der Waals surface area contributed by atoms with E-state index in [1.165, 1.54) is 0 Å². The van der Waals surface area contributed by atoms with E-state index in [0.29, 0.717) is 25.4 Å². The minimum absolute atomic E-state index is 0.0886. The van der Waals surface area contributed by atoms with Crippen LogP contribution < -0.4 is 5.32 Å². The minimum Gasteiger partial charge on any atom is -0.391 e. The van der Waals surface area contributed by atoms with Crippen LogP contribution in [0.4, 0.5) is 11.6 Å². The van der Waals surface area contributed by atoms with Gasteiger partial charge in [0.1, 0.15) is 11.6 Å². The second-order valence-electron chi connectivity index (χ2n) is 9.09. The maximum absolute atomic E-state index is 12.7. The van der Waals surface area contributed by atoms with Gasteiger partial charge in [-0.05, 0) is 68.9 Å². The third-order valence-corrected chi connectivity index (χ3v) is 7.78. The number of hydrogen-bond donors (Lipinski definition) is 2. The number of rotatable bonds is 5. The molecule has 3 aromatic rings. The molecule has 2 aliphatic rings. The summed E-state index contributed by atoms with van der Waals surface area (Å²) in [7, 11) is 0. The second-order valence-corrected chi connectivity index (χ2v) is 10.2. The fourth-order valence-electron chi connectivity index (χ4n) is 4.76. The number of amides is 1. The number of likely N-dealkylation sites (tertiary alicyclic amines) is 1. The Morgan fingerprint density at radius 2 is 1.97 bits per heavy atom. The monoisotopic (exact) mass is 463 g/mol. The molecule has 1 amide bonds. The number of pyridine rings is 2. The molecule has 0 radical (unpaired) electrons. The Morgan fingerprint density at radius 3 is 2.73 bits per heavy atom. The quantitative estimate of drug-likeness (QED) is 0.578. The molecular weight excluding hydrogens is 434 g/mol. The third-order valence-electron chi connectivity index (χ3n) is 6.60. The molecule has 1 aliphatic heterocycles. The van der Waals surface area contributed by atoms with Crippen molar-refractivity contribution < 1.29 is 9.90 Å². The second kappa shape index (κ2) is 9.57. The van der Waals surface area contributed by atoms with Crippen LogP contribution >= 0.6 is 11.3 Å². The molecule has 3 aromatic heterocycles. The molecule has 0 aromatic carbocycles. The Labute approximate surface area is 197 Å². The first-order chi connectivity index (χ1) is 16.0. The maximum atomic E-state index is 12.7. The van der Waals surface area contributed by atoms with E-state index >= 15 is 0 Å². The van der Waals surface area contributed by atoms with Crippen LogP contribution in [0.3, 0.4) is 0 Å². The number of aliphatic hydroxyl groups excluding tert-OH is 1. The van der Waals surface area contributed by atoms with Crippen LogP contribution in [-0.2, 0) is 4.79 Å². The van der Waals surface area contributed by atoms with Gasteiger partial charge in [-0.3, -0.25) is 4.79 Å². The van der Waals surface area contributed by atoms with Crippen molar-refractivity contribution in [2.45, 2.75) is 51.0 Å². The lowest BCUT2D eigenvalue weighted by Crippen LogP contribution is -2.36. The van der Waals surface area contributed by atoms with Gasteiger partial charge in [0.2, 0.25) is 5.91 Å². The highest BCUT2D eigenvalue weighted by atomic mass is 32.1. The highest BCUT2D eigenvalue weighted by Gasteiger charge is 2.33. The molecule has 1 saturated carbocycles. The normalized spacial score (nSPS) is 23.0. The Morgan fingerprint density at radius 1 is 1.12 bits per heavy atom. The molecule has 2 N–H and O–H groups in total. The van der Waals surface area contributed by atoms with Gasteiger partial charge < -0.3 is 15.3 Å². The van der Waals surface area contributed by atoms with E-state index in [1.54, 1.807) is 17.5 Å². The molecule has 1 saturated heterocycles. The summed E-state index contributed by atoms with van der Waals surface area (Å²) in [6.07, 6.45) is 7.80. The average Bonchev–Trinajstić information content (AvgIpc) is 3.49. The van der Waals surface area contributed by atoms with Crippen LogP contribution in [-0.4, -0.2) is 50.1 Å². The Kier molecular flexibility index (Phi) is 6.37. The van der Waals surface area contributed by atoms with Crippen molar-refractivity contribution in [1.29, 1.82) is 0 Å². The number of aryl methyl sites for hydroxylation is 1. The highest BCUT2D eigenvalue weighted by Crippen LogP contribution is 2.40. The lowest BCUT2D eigenvalue weighted by Gasteiger charge is -2.29. The van der Waals surface area contributed by atoms with Crippen LogP contribution in [0, 0.1) is 12.8 Å². The van der Waals surface area contributed by atoms with E-state index in [1.807, 2.05) is 48.4 Å². The summed E-state index contributed by atoms with van der Waals surface area (Å²) in [5, 5.41) is 14.1. The largest absolute Gasteiger partial charge is 0.391 e. The summed E-state index contributed by atoms with van der Waals surface area (Å²) in [5.41, 5.74) is 2.04. The number of hydrogen-bond acceptors (Lipinski definition) is 7. The van der Waals surface area contributed by atoms with Gasteiger partial charge in [0.05, 0.1) is 21.7 Å². The van der Waals surface area contributed by atoms with Crippen molar-refractivity contribution >= 4 is 28.9 Å². The number of β-amino-alcohol motifs (C(OH)–C–C–N with tert-alkyl or cyclic N) is 1. The van der Waals surface area contributed by atoms with E-state index in [2.05, 4.69) is 10.3 Å². The lowest BCUT2D eigenvalue weighted by atomic mass is 9.81. The Hall–Kier alpha value is -2.84. The van der Waals surface area contributed by atoms with Gasteiger partial charge in [0.15, 0.2) is 0 Å².